The van der Waals surface area contributed by atoms with E-state index in [9.17, 15) is 19.5 Å². The second-order valence-corrected chi connectivity index (χ2v) is 11.2. The summed E-state index contributed by atoms with van der Waals surface area (Å²) in [5.74, 6) is -2.10. The Bertz CT molecular complexity index is 1590. The lowest BCUT2D eigenvalue weighted by Gasteiger charge is -2.50. The van der Waals surface area contributed by atoms with Crippen LogP contribution in [-0.2, 0) is 25.8 Å². The Labute approximate surface area is 233 Å². The fourth-order valence-corrected chi connectivity index (χ4v) is 7.32. The third-order valence-corrected chi connectivity index (χ3v) is 9.12. The molecular weight excluding hydrogens is 565 g/mol. The van der Waals surface area contributed by atoms with Crippen molar-refractivity contribution in [2.24, 2.45) is 5.16 Å². The van der Waals surface area contributed by atoms with Gasteiger partial charge in [-0.3, -0.25) is 14.5 Å². The monoisotopic (exact) mass is 584 g/mol. The van der Waals surface area contributed by atoms with Gasteiger partial charge < -0.3 is 25.8 Å². The van der Waals surface area contributed by atoms with E-state index in [1.807, 2.05) is 28.8 Å². The number of rotatable bonds is 9. The van der Waals surface area contributed by atoms with Crippen LogP contribution in [0.15, 0.2) is 57.4 Å². The highest BCUT2D eigenvalue weighted by molar-refractivity contribution is 8.01. The maximum absolute atomic E-state index is 13.1. The highest BCUT2D eigenvalue weighted by Crippen LogP contribution is 2.41. The van der Waals surface area contributed by atoms with Gasteiger partial charge in [0.25, 0.3) is 17.5 Å². The van der Waals surface area contributed by atoms with Crippen LogP contribution in [0.25, 0.3) is 5.65 Å². The van der Waals surface area contributed by atoms with Crippen LogP contribution in [0, 0.1) is 11.3 Å². The molecule has 2 aliphatic rings. The predicted molar refractivity (Wildman–Crippen MR) is 141 cm³/mol. The summed E-state index contributed by atoms with van der Waals surface area (Å²) in [6.45, 7) is 0.202. The first-order chi connectivity index (χ1) is 18.8. The van der Waals surface area contributed by atoms with E-state index in [1.165, 1.54) is 36.0 Å². The average molecular weight is 585 g/mol. The van der Waals surface area contributed by atoms with Crippen LogP contribution in [0.1, 0.15) is 5.69 Å². The van der Waals surface area contributed by atoms with Crippen molar-refractivity contribution in [1.82, 2.24) is 19.8 Å². The molecule has 1 saturated heterocycles. The van der Waals surface area contributed by atoms with Crippen LogP contribution in [-0.4, -0.2) is 68.0 Å². The summed E-state index contributed by atoms with van der Waals surface area (Å²) < 4.78 is 3.71. The first kappa shape index (κ1) is 26.5. The summed E-state index contributed by atoms with van der Waals surface area (Å²) in [5, 5.41) is 29.5. The number of aromatic nitrogens is 3. The number of carbonyl (C=O) groups is 3. The molecule has 0 bridgehead atoms. The van der Waals surface area contributed by atoms with Crippen molar-refractivity contribution in [3.63, 3.8) is 0 Å². The summed E-state index contributed by atoms with van der Waals surface area (Å²) in [5.41, 5.74) is 6.87. The van der Waals surface area contributed by atoms with Gasteiger partial charge in [-0.25, -0.2) is 9.55 Å². The Balaban J connectivity index is 1.32. The highest BCUT2D eigenvalue weighted by Gasteiger charge is 2.53. The number of nitrogens with one attached hydrogen (secondary N) is 1. The van der Waals surface area contributed by atoms with Crippen LogP contribution in [0.3, 0.4) is 0 Å². The molecule has 2 aliphatic heterocycles. The van der Waals surface area contributed by atoms with Gasteiger partial charge in [0, 0.05) is 23.0 Å². The van der Waals surface area contributed by atoms with Gasteiger partial charge in [0.2, 0.25) is 0 Å². The largest absolute Gasteiger partial charge is 0.543 e. The summed E-state index contributed by atoms with van der Waals surface area (Å²) in [6, 6.07) is 6.78. The standard InChI is InChI=1S/C23H20N8O5S3/c1-36-28-16(13-11-39-23(25)26-13)19(32)27-17-20(33)31-18(22(34)35)12(10-38-21(17)31)9-37-15-4-2-3-14-29(6-5-24)7-8-30(14)15/h2-4,7-8,11,17,21H,6,9-10H2,1H3,(H3-,25,26,27,32,34,35)/b28-16-/t17-,21+/m1/s1. The Kier molecular flexibility index (Phi) is 7.46. The van der Waals surface area contributed by atoms with Crippen molar-refractivity contribution < 1.29 is 28.7 Å². The number of carboxylic acids is 1. The van der Waals surface area contributed by atoms with E-state index in [1.54, 1.807) is 10.8 Å². The predicted octanol–water partition coefficient (Wildman–Crippen LogP) is -0.664. The minimum absolute atomic E-state index is 0.152. The molecule has 1 fully saturated rings. The lowest BCUT2D eigenvalue weighted by atomic mass is 10.0. The normalized spacial score (nSPS) is 18.9. The average Bonchev–Trinajstić information content (AvgIpc) is 3.54. The molecule has 5 heterocycles. The van der Waals surface area contributed by atoms with E-state index in [0.717, 1.165) is 26.9 Å². The van der Waals surface area contributed by atoms with Crippen LogP contribution in [0.5, 0.6) is 0 Å². The number of nitrogens with two attached hydrogens (primary N) is 1. The van der Waals surface area contributed by atoms with Gasteiger partial charge in [0.15, 0.2) is 22.4 Å². The molecule has 3 aromatic heterocycles. The van der Waals surface area contributed by atoms with E-state index in [4.69, 9.17) is 15.8 Å². The molecule has 16 heteroatoms. The molecule has 0 aromatic carbocycles. The molecule has 2 amide bonds. The Hall–Kier alpha value is -4.07. The molecule has 200 valence electrons. The number of thioether (sulfide) groups is 2. The van der Waals surface area contributed by atoms with Crippen LogP contribution in [0.4, 0.5) is 5.13 Å². The molecule has 0 radical (unpaired) electrons. The number of pyridine rings is 1. The minimum Gasteiger partial charge on any atom is -0.543 e. The van der Waals surface area contributed by atoms with Gasteiger partial charge in [0.05, 0.1) is 11.7 Å². The summed E-state index contributed by atoms with van der Waals surface area (Å²) in [4.78, 5) is 48.1. The summed E-state index contributed by atoms with van der Waals surface area (Å²) >= 11 is 3.87. The van der Waals surface area contributed by atoms with E-state index in [-0.39, 0.29) is 28.8 Å². The van der Waals surface area contributed by atoms with Crippen molar-refractivity contribution >= 4 is 69.1 Å². The number of amides is 2. The number of oxime groups is 1. The Morgan fingerprint density at radius 2 is 2.28 bits per heavy atom. The van der Waals surface area contributed by atoms with E-state index < -0.39 is 29.2 Å². The molecule has 0 spiro atoms. The van der Waals surface area contributed by atoms with Crippen molar-refractivity contribution in [3.05, 3.63) is 52.9 Å². The molecular formula is C23H20N8O5S3. The first-order valence-electron chi connectivity index (χ1n) is 11.3. The molecule has 3 aromatic rings. The smallest absolute Gasteiger partial charge is 0.287 e. The number of hydrogen-bond acceptors (Lipinski definition) is 12. The van der Waals surface area contributed by atoms with E-state index in [0.29, 0.717) is 17.1 Å². The topological polar surface area (TPSA) is 183 Å². The van der Waals surface area contributed by atoms with Crippen LogP contribution < -0.4 is 20.6 Å². The number of nitrogen functional groups attached to an aromatic ring is 1. The maximum atomic E-state index is 13.1. The highest BCUT2D eigenvalue weighted by atomic mass is 32.2. The molecule has 2 atom stereocenters. The van der Waals surface area contributed by atoms with Gasteiger partial charge in [0.1, 0.15) is 42.7 Å². The second-order valence-electron chi connectivity index (χ2n) is 8.26. The zero-order valence-electron chi connectivity index (χ0n) is 20.3. The number of β-lactam (4-membered cyclic amide) rings is 1. The zero-order chi connectivity index (χ0) is 27.7. The lowest BCUT2D eigenvalue weighted by molar-refractivity contribution is -0.554. The number of hydrogen-bond donors (Lipinski definition) is 2. The molecule has 39 heavy (non-hydrogen) atoms. The lowest BCUT2D eigenvalue weighted by Crippen LogP contribution is -2.71. The number of aliphatic carboxylic acids is 1. The van der Waals surface area contributed by atoms with Crippen molar-refractivity contribution in [2.45, 2.75) is 23.0 Å². The number of nitrogens with zero attached hydrogens (tertiary/aromatic N) is 6. The van der Waals surface area contributed by atoms with Gasteiger partial charge in [-0.05, 0) is 17.7 Å². The quantitative estimate of drug-likeness (QED) is 0.108. The summed E-state index contributed by atoms with van der Waals surface area (Å²) in [7, 11) is 1.27. The molecule has 0 aliphatic carbocycles. The third kappa shape index (κ3) is 4.91. The first-order valence-corrected chi connectivity index (χ1v) is 14.3. The second kappa shape index (κ2) is 11.0. The van der Waals surface area contributed by atoms with Gasteiger partial charge in [-0.1, -0.05) is 16.9 Å². The fraction of sp³-hybridized carbons (Fsp3) is 0.261. The van der Waals surface area contributed by atoms with Crippen LogP contribution >= 0.6 is 34.9 Å². The molecule has 0 unspecified atom stereocenters. The van der Waals surface area contributed by atoms with Gasteiger partial charge >= 0.3 is 0 Å². The molecule has 5 rings (SSSR count). The number of fused-ring (bicyclic) bond motifs is 2. The number of carbonyl (C=O) groups excluding carboxylic acids is 3. The van der Waals surface area contributed by atoms with Crippen LogP contribution in [0.2, 0.25) is 0 Å². The van der Waals surface area contributed by atoms with Gasteiger partial charge in [-0.15, -0.1) is 23.1 Å². The molecule has 13 nitrogen and oxygen atoms in total. The van der Waals surface area contributed by atoms with Crippen molar-refractivity contribution in [2.75, 3.05) is 24.3 Å². The third-order valence-electron chi connectivity index (χ3n) is 5.98. The maximum Gasteiger partial charge on any atom is 0.287 e. The number of nitriles is 1. The minimum atomic E-state index is -1.46. The van der Waals surface area contributed by atoms with Crippen molar-refractivity contribution in [3.8, 4) is 6.07 Å². The fourth-order valence-electron chi connectivity index (χ4n) is 4.27. The number of thiazole rings is 1. The van der Waals surface area contributed by atoms with Crippen molar-refractivity contribution in [1.29, 1.82) is 5.26 Å². The van der Waals surface area contributed by atoms with Gasteiger partial charge in [-0.2, -0.15) is 9.66 Å². The molecule has 3 N–H and O–H groups in total. The Morgan fingerprint density at radius 3 is 2.97 bits per heavy atom. The number of anilines is 1. The van der Waals surface area contributed by atoms with E-state index in [2.05, 4.69) is 21.5 Å². The van der Waals surface area contributed by atoms with E-state index >= 15 is 0 Å². The number of imidazole rings is 1. The number of carboxylic acid groups (broad SMARTS) is 1. The SMILES string of the molecule is CO/N=C(\C(=O)N[C@@H]1C(=O)N2C(C(=O)[O-])=C(CSc3cccc4n(CC#N)cc[n+]34)CS[C@@H]12)c1csc(N)n1. The molecule has 0 saturated carbocycles. The Morgan fingerprint density at radius 1 is 1.46 bits per heavy atom. The summed E-state index contributed by atoms with van der Waals surface area (Å²) in [6.07, 6.45) is 3.64. The zero-order valence-corrected chi connectivity index (χ0v) is 22.7.